The number of benzene rings is 8. The first kappa shape index (κ1) is 35.2. The summed E-state index contributed by atoms with van der Waals surface area (Å²) in [4.78, 5) is 0. The molecule has 0 atom stereocenters. The van der Waals surface area contributed by atoms with Crippen LogP contribution in [0.25, 0.3) is 32.7 Å². The molecular weight excluding hydrogens is 681 g/mol. The van der Waals surface area contributed by atoms with Gasteiger partial charge in [0.1, 0.15) is 11.5 Å². The fourth-order valence-corrected chi connectivity index (χ4v) is 6.69. The number of ether oxygens (including phenoxy) is 2. The number of fused-ring (bicyclic) bond motifs is 2. The molecule has 0 saturated heterocycles. The minimum Gasteiger partial charge on any atom is -0.496 e. The summed E-state index contributed by atoms with van der Waals surface area (Å²) < 4.78 is 12.4. The lowest BCUT2D eigenvalue weighted by Gasteiger charge is -2.19. The van der Waals surface area contributed by atoms with Crippen molar-refractivity contribution in [3.05, 3.63) is 214 Å². The zero-order chi connectivity index (χ0) is 38.1. The molecule has 0 aliphatic carbocycles. The fourth-order valence-electron chi connectivity index (χ4n) is 6.69. The van der Waals surface area contributed by atoms with Gasteiger partial charge in [0.25, 0.3) is 0 Å². The third kappa shape index (κ3) is 7.74. The van der Waals surface area contributed by atoms with Crippen LogP contribution in [0.15, 0.2) is 170 Å². The summed E-state index contributed by atoms with van der Waals surface area (Å²) in [7, 11) is 3.40. The van der Waals surface area contributed by atoms with Gasteiger partial charge in [0.15, 0.2) is 0 Å². The molecule has 0 aromatic heterocycles. The highest BCUT2D eigenvalue weighted by Crippen LogP contribution is 2.47. The van der Waals surface area contributed by atoms with Crippen LogP contribution in [0.1, 0.15) is 44.5 Å². The van der Waals surface area contributed by atoms with Crippen LogP contribution in [0.2, 0.25) is 0 Å². The van der Waals surface area contributed by atoms with Crippen LogP contribution in [-0.4, -0.2) is 14.2 Å². The van der Waals surface area contributed by atoms with Crippen LogP contribution in [-0.2, 0) is 0 Å². The van der Waals surface area contributed by atoms with Crippen LogP contribution in [0.5, 0.6) is 11.5 Å². The second kappa shape index (κ2) is 16.4. The Morgan fingerprint density at radius 1 is 0.286 bits per heavy atom. The minimum atomic E-state index is 0.691. The van der Waals surface area contributed by atoms with Crippen molar-refractivity contribution in [3.8, 4) is 70.0 Å². The number of rotatable bonds is 3. The number of methoxy groups -OCH3 is 2. The maximum absolute atomic E-state index is 6.18. The third-order valence-electron chi connectivity index (χ3n) is 9.36. The van der Waals surface area contributed by atoms with Gasteiger partial charge in [-0.15, -0.1) is 0 Å². The molecule has 0 fully saturated rings. The molecule has 2 nitrogen and oxygen atoms in total. The summed E-state index contributed by atoms with van der Waals surface area (Å²) in [6.07, 6.45) is 0. The molecular formula is C54H34O2. The van der Waals surface area contributed by atoms with Crippen molar-refractivity contribution in [1.29, 1.82) is 0 Å². The van der Waals surface area contributed by atoms with Crippen molar-refractivity contribution < 1.29 is 9.47 Å². The average Bonchev–Trinajstić information content (AvgIpc) is 3.26. The second-order valence-corrected chi connectivity index (χ2v) is 13.0. The van der Waals surface area contributed by atoms with Gasteiger partial charge in [-0.3, -0.25) is 0 Å². The van der Waals surface area contributed by atoms with Crippen LogP contribution in [0.3, 0.4) is 0 Å². The predicted molar refractivity (Wildman–Crippen MR) is 230 cm³/mol. The maximum atomic E-state index is 6.18. The standard InChI is InChI=1S/C54H34O2/c1-55-51-33-31-47-45(29-27-41-19-11-5-12-20-41)35-43(25-23-39-15-7-3-8-16-39)37-49(47)53(51)54-50-38-44(26-24-40-17-9-4-10-18-40)36-46(48(50)32-34-52(54)56-2)30-28-42-21-13-6-14-22-42/h3-22,31-38H,1-2H3. The lowest BCUT2D eigenvalue weighted by molar-refractivity contribution is 0.411. The van der Waals surface area contributed by atoms with E-state index >= 15 is 0 Å². The van der Waals surface area contributed by atoms with Gasteiger partial charge in [0, 0.05) is 55.6 Å². The summed E-state index contributed by atoms with van der Waals surface area (Å²) in [6.45, 7) is 0. The lowest BCUT2D eigenvalue weighted by Crippen LogP contribution is -1.97. The predicted octanol–water partition coefficient (Wildman–Crippen LogP) is 11.3. The highest BCUT2D eigenvalue weighted by molar-refractivity contribution is 6.12. The lowest BCUT2D eigenvalue weighted by atomic mass is 9.88. The third-order valence-corrected chi connectivity index (χ3v) is 9.36. The largest absolute Gasteiger partial charge is 0.496 e. The van der Waals surface area contributed by atoms with Gasteiger partial charge in [0.05, 0.1) is 14.2 Å². The normalized spacial score (nSPS) is 10.1. The van der Waals surface area contributed by atoms with Gasteiger partial charge in [-0.05, 0) is 119 Å². The van der Waals surface area contributed by atoms with Crippen LogP contribution in [0.4, 0.5) is 0 Å². The SMILES string of the molecule is COc1ccc2c(C#Cc3ccccc3)cc(C#Cc3ccccc3)cc2c1-c1c(OC)ccc2c(C#Cc3ccccc3)cc(C#Cc3ccccc3)cc12. The Kier molecular flexibility index (Phi) is 10.3. The molecule has 0 radical (unpaired) electrons. The van der Waals surface area contributed by atoms with E-state index in [1.165, 1.54) is 0 Å². The zero-order valence-electron chi connectivity index (χ0n) is 31.0. The average molecular weight is 715 g/mol. The van der Waals surface area contributed by atoms with Crippen LogP contribution in [0, 0.1) is 47.4 Å². The van der Waals surface area contributed by atoms with Gasteiger partial charge in [-0.1, -0.05) is 120 Å². The Hall–Kier alpha value is -7.88. The topological polar surface area (TPSA) is 18.5 Å². The van der Waals surface area contributed by atoms with Gasteiger partial charge >= 0.3 is 0 Å². The molecule has 0 aliphatic rings. The van der Waals surface area contributed by atoms with Gasteiger partial charge in [-0.2, -0.15) is 0 Å². The molecule has 262 valence electrons. The Balaban J connectivity index is 1.44. The Morgan fingerprint density at radius 3 is 0.911 bits per heavy atom. The molecule has 0 aliphatic heterocycles. The van der Waals surface area contributed by atoms with E-state index in [2.05, 4.69) is 83.8 Å². The van der Waals surface area contributed by atoms with Crippen LogP contribution < -0.4 is 9.47 Å². The van der Waals surface area contributed by atoms with E-state index in [4.69, 9.17) is 9.47 Å². The molecule has 2 heteroatoms. The highest BCUT2D eigenvalue weighted by atomic mass is 16.5. The molecule has 0 spiro atoms. The van der Waals surface area contributed by atoms with Crippen molar-refractivity contribution in [2.45, 2.75) is 0 Å². The van der Waals surface area contributed by atoms with E-state index in [1.54, 1.807) is 14.2 Å². The van der Waals surface area contributed by atoms with E-state index in [0.717, 1.165) is 77.2 Å². The van der Waals surface area contributed by atoms with E-state index in [1.807, 2.05) is 133 Å². The molecule has 0 bridgehead atoms. The van der Waals surface area contributed by atoms with Gasteiger partial charge in [0.2, 0.25) is 0 Å². The molecule has 8 aromatic carbocycles. The maximum Gasteiger partial charge on any atom is 0.127 e. The van der Waals surface area contributed by atoms with Crippen LogP contribution >= 0.6 is 0 Å². The van der Waals surface area contributed by atoms with E-state index < -0.39 is 0 Å². The van der Waals surface area contributed by atoms with Crippen molar-refractivity contribution >= 4 is 21.5 Å². The molecule has 56 heavy (non-hydrogen) atoms. The molecule has 0 unspecified atom stereocenters. The first-order valence-electron chi connectivity index (χ1n) is 18.2. The van der Waals surface area contributed by atoms with Gasteiger partial charge in [-0.25, -0.2) is 0 Å². The molecule has 0 N–H and O–H groups in total. The summed E-state index contributed by atoms with van der Waals surface area (Å²) in [6, 6.07) is 56.6. The Labute approximate surface area is 328 Å². The van der Waals surface area contributed by atoms with E-state index in [0.29, 0.717) is 11.5 Å². The van der Waals surface area contributed by atoms with Crippen molar-refractivity contribution in [2.24, 2.45) is 0 Å². The quantitative estimate of drug-likeness (QED) is 0.170. The summed E-state index contributed by atoms with van der Waals surface area (Å²) in [5.41, 5.74) is 8.83. The Bertz CT molecular complexity index is 2760. The van der Waals surface area contributed by atoms with Crippen molar-refractivity contribution in [1.82, 2.24) is 0 Å². The number of hydrogen-bond donors (Lipinski definition) is 0. The molecule has 0 saturated carbocycles. The van der Waals surface area contributed by atoms with E-state index in [9.17, 15) is 0 Å². The monoisotopic (exact) mass is 714 g/mol. The number of hydrogen-bond acceptors (Lipinski definition) is 2. The first-order chi connectivity index (χ1) is 27.7. The summed E-state index contributed by atoms with van der Waals surface area (Å²) in [5, 5.41) is 3.81. The molecule has 8 aromatic rings. The van der Waals surface area contributed by atoms with E-state index in [-0.39, 0.29) is 0 Å². The second-order valence-electron chi connectivity index (χ2n) is 13.0. The Morgan fingerprint density at radius 2 is 0.589 bits per heavy atom. The summed E-state index contributed by atoms with van der Waals surface area (Å²) in [5.74, 6) is 28.7. The first-order valence-corrected chi connectivity index (χ1v) is 18.2. The fraction of sp³-hybridized carbons (Fsp3) is 0.0370. The molecule has 0 amide bonds. The zero-order valence-corrected chi connectivity index (χ0v) is 31.0. The molecule has 0 heterocycles. The summed E-state index contributed by atoms with van der Waals surface area (Å²) >= 11 is 0. The smallest absolute Gasteiger partial charge is 0.127 e. The van der Waals surface area contributed by atoms with Crippen molar-refractivity contribution in [2.75, 3.05) is 14.2 Å². The van der Waals surface area contributed by atoms with Crippen molar-refractivity contribution in [3.63, 3.8) is 0 Å². The highest BCUT2D eigenvalue weighted by Gasteiger charge is 2.21. The molecule has 8 rings (SSSR count). The minimum absolute atomic E-state index is 0.691. The van der Waals surface area contributed by atoms with Gasteiger partial charge < -0.3 is 9.47 Å².